The topological polar surface area (TPSA) is 121 Å². The minimum Gasteiger partial charge on any atom is -0.506 e. The number of rotatable bonds is 4. The number of anilines is 1. The highest BCUT2D eigenvalue weighted by Gasteiger charge is 2.19. The van der Waals surface area contributed by atoms with Gasteiger partial charge in [0.05, 0.1) is 16.8 Å². The zero-order chi connectivity index (χ0) is 14.0. The maximum absolute atomic E-state index is 12.1. The Morgan fingerprint density at radius 2 is 2.21 bits per heavy atom. The van der Waals surface area contributed by atoms with E-state index in [1.807, 2.05) is 0 Å². The predicted molar refractivity (Wildman–Crippen MR) is 69.8 cm³/mol. The molecule has 1 aromatic heterocycles. The average molecular weight is 282 g/mol. The molecule has 7 nitrogen and oxygen atoms in total. The second-order valence-corrected chi connectivity index (χ2v) is 5.81. The molecule has 0 fully saturated rings. The van der Waals surface area contributed by atoms with Crippen LogP contribution in [0.5, 0.6) is 5.75 Å². The fourth-order valence-electron chi connectivity index (χ4n) is 1.57. The number of H-pyrrole nitrogens is 1. The molecule has 1 aromatic carbocycles. The van der Waals surface area contributed by atoms with E-state index in [-0.39, 0.29) is 16.3 Å². The molecule has 19 heavy (non-hydrogen) atoms. The van der Waals surface area contributed by atoms with Gasteiger partial charge in [-0.3, -0.25) is 5.10 Å². The normalized spacial score (nSPS) is 13.3. The standard InChI is InChI=1S/C11H14N4O3S/c1-7(8-5-13-14-6-8)15-19(17,18)9-2-3-11(16)10(12)4-9/h2-7,15-16H,12H2,1H3,(H,13,14). The van der Waals surface area contributed by atoms with Gasteiger partial charge in [0.25, 0.3) is 0 Å². The summed E-state index contributed by atoms with van der Waals surface area (Å²) in [6, 6.07) is 3.31. The van der Waals surface area contributed by atoms with E-state index < -0.39 is 16.1 Å². The number of benzene rings is 1. The van der Waals surface area contributed by atoms with Crippen molar-refractivity contribution in [1.29, 1.82) is 0 Å². The number of hydrogen-bond acceptors (Lipinski definition) is 5. The molecular formula is C11H14N4O3S. The van der Waals surface area contributed by atoms with Crippen molar-refractivity contribution < 1.29 is 13.5 Å². The van der Waals surface area contributed by atoms with Crippen molar-refractivity contribution in [3.8, 4) is 5.75 Å². The molecule has 2 rings (SSSR count). The van der Waals surface area contributed by atoms with Crippen molar-refractivity contribution in [3.63, 3.8) is 0 Å². The highest BCUT2D eigenvalue weighted by atomic mass is 32.2. The van der Waals surface area contributed by atoms with Crippen LogP contribution in [0.3, 0.4) is 0 Å². The van der Waals surface area contributed by atoms with Crippen LogP contribution in [-0.4, -0.2) is 23.7 Å². The third-order valence-corrected chi connectivity index (χ3v) is 4.20. The van der Waals surface area contributed by atoms with Crippen molar-refractivity contribution in [1.82, 2.24) is 14.9 Å². The van der Waals surface area contributed by atoms with Gasteiger partial charge in [0, 0.05) is 17.8 Å². The number of nitrogens with two attached hydrogens (primary N) is 1. The summed E-state index contributed by atoms with van der Waals surface area (Å²) in [5.74, 6) is -0.151. The summed E-state index contributed by atoms with van der Waals surface area (Å²) in [6.07, 6.45) is 3.15. The van der Waals surface area contributed by atoms with Crippen molar-refractivity contribution in [2.24, 2.45) is 0 Å². The number of phenolic OH excluding ortho intramolecular Hbond substituents is 1. The number of aromatic amines is 1. The number of nitrogens with zero attached hydrogens (tertiary/aromatic N) is 1. The van der Waals surface area contributed by atoms with Gasteiger partial charge >= 0.3 is 0 Å². The van der Waals surface area contributed by atoms with Gasteiger partial charge in [0.2, 0.25) is 10.0 Å². The third-order valence-electron chi connectivity index (χ3n) is 2.66. The van der Waals surface area contributed by atoms with E-state index in [0.29, 0.717) is 0 Å². The molecule has 0 bridgehead atoms. The zero-order valence-corrected chi connectivity index (χ0v) is 11.0. The SMILES string of the molecule is CC(NS(=O)(=O)c1ccc(O)c(N)c1)c1cn[nH]c1. The second kappa shape index (κ2) is 4.90. The van der Waals surface area contributed by atoms with Crippen LogP contribution in [0.1, 0.15) is 18.5 Å². The van der Waals surface area contributed by atoms with Crippen molar-refractivity contribution in [2.75, 3.05) is 5.73 Å². The van der Waals surface area contributed by atoms with Crippen LogP contribution in [0.25, 0.3) is 0 Å². The molecular weight excluding hydrogens is 268 g/mol. The molecule has 0 aliphatic rings. The number of sulfonamides is 1. The van der Waals surface area contributed by atoms with Gasteiger partial charge in [-0.2, -0.15) is 5.10 Å². The number of aromatic hydroxyl groups is 1. The van der Waals surface area contributed by atoms with Crippen LogP contribution < -0.4 is 10.5 Å². The summed E-state index contributed by atoms with van der Waals surface area (Å²) in [6.45, 7) is 1.70. The van der Waals surface area contributed by atoms with E-state index in [1.165, 1.54) is 18.2 Å². The van der Waals surface area contributed by atoms with E-state index in [4.69, 9.17) is 5.73 Å². The maximum Gasteiger partial charge on any atom is 0.241 e. The van der Waals surface area contributed by atoms with E-state index in [9.17, 15) is 13.5 Å². The van der Waals surface area contributed by atoms with Crippen LogP contribution in [0.2, 0.25) is 0 Å². The minimum absolute atomic E-state index is 0.00172. The van der Waals surface area contributed by atoms with Gasteiger partial charge in [-0.25, -0.2) is 13.1 Å². The molecule has 8 heteroatoms. The van der Waals surface area contributed by atoms with Crippen LogP contribution in [0, 0.1) is 0 Å². The lowest BCUT2D eigenvalue weighted by atomic mass is 10.2. The van der Waals surface area contributed by atoms with Crippen LogP contribution in [-0.2, 0) is 10.0 Å². The lowest BCUT2D eigenvalue weighted by Crippen LogP contribution is -2.26. The highest BCUT2D eigenvalue weighted by Crippen LogP contribution is 2.24. The van der Waals surface area contributed by atoms with E-state index in [2.05, 4.69) is 14.9 Å². The molecule has 0 aliphatic heterocycles. The minimum atomic E-state index is -3.71. The highest BCUT2D eigenvalue weighted by molar-refractivity contribution is 7.89. The van der Waals surface area contributed by atoms with E-state index in [0.717, 1.165) is 5.56 Å². The molecule has 102 valence electrons. The summed E-state index contributed by atoms with van der Waals surface area (Å²) in [4.78, 5) is -0.00172. The summed E-state index contributed by atoms with van der Waals surface area (Å²) < 4.78 is 26.7. The maximum atomic E-state index is 12.1. The Morgan fingerprint density at radius 3 is 2.79 bits per heavy atom. The Hall–Kier alpha value is -2.06. The molecule has 0 amide bonds. The van der Waals surface area contributed by atoms with Crippen LogP contribution in [0.4, 0.5) is 5.69 Å². The van der Waals surface area contributed by atoms with E-state index in [1.54, 1.807) is 19.3 Å². The molecule has 1 unspecified atom stereocenters. The van der Waals surface area contributed by atoms with Gasteiger partial charge < -0.3 is 10.8 Å². The molecule has 0 saturated heterocycles. The number of aromatic nitrogens is 2. The van der Waals surface area contributed by atoms with Gasteiger partial charge in [-0.05, 0) is 25.1 Å². The van der Waals surface area contributed by atoms with Gasteiger partial charge in [0.1, 0.15) is 5.75 Å². The summed E-state index contributed by atoms with van der Waals surface area (Å²) in [7, 11) is -3.71. The first-order valence-electron chi connectivity index (χ1n) is 5.49. The Labute approximate surface area is 110 Å². The first-order valence-corrected chi connectivity index (χ1v) is 6.98. The fraction of sp³-hybridized carbons (Fsp3) is 0.182. The van der Waals surface area contributed by atoms with Gasteiger partial charge in [-0.1, -0.05) is 0 Å². The van der Waals surface area contributed by atoms with Crippen LogP contribution >= 0.6 is 0 Å². The number of hydrogen-bond donors (Lipinski definition) is 4. The van der Waals surface area contributed by atoms with Gasteiger partial charge in [0.15, 0.2) is 0 Å². The quantitative estimate of drug-likeness (QED) is 0.486. The number of nitrogens with one attached hydrogen (secondary N) is 2. The second-order valence-electron chi connectivity index (χ2n) is 4.10. The molecule has 0 saturated carbocycles. The van der Waals surface area contributed by atoms with Crippen molar-refractivity contribution >= 4 is 15.7 Å². The van der Waals surface area contributed by atoms with Crippen molar-refractivity contribution in [3.05, 3.63) is 36.2 Å². The zero-order valence-electron chi connectivity index (χ0n) is 10.2. The lowest BCUT2D eigenvalue weighted by Gasteiger charge is -2.13. The first-order chi connectivity index (χ1) is 8.90. The predicted octanol–water partition coefficient (Wildman–Crippen LogP) is 0.737. The van der Waals surface area contributed by atoms with Crippen molar-refractivity contribution in [2.45, 2.75) is 17.9 Å². The summed E-state index contributed by atoms with van der Waals surface area (Å²) in [5.41, 5.74) is 6.22. The smallest absolute Gasteiger partial charge is 0.241 e. The molecule has 2 aromatic rings. The number of phenols is 1. The number of nitrogen functional groups attached to an aromatic ring is 1. The Bertz CT molecular complexity index is 667. The summed E-state index contributed by atoms with van der Waals surface area (Å²) >= 11 is 0. The molecule has 1 atom stereocenters. The molecule has 0 radical (unpaired) electrons. The first kappa shape index (κ1) is 13.4. The Morgan fingerprint density at radius 1 is 1.47 bits per heavy atom. The van der Waals surface area contributed by atoms with Crippen LogP contribution in [0.15, 0.2) is 35.5 Å². The van der Waals surface area contributed by atoms with Gasteiger partial charge in [-0.15, -0.1) is 0 Å². The lowest BCUT2D eigenvalue weighted by molar-refractivity contribution is 0.477. The largest absolute Gasteiger partial charge is 0.506 e. The third kappa shape index (κ3) is 2.85. The molecule has 1 heterocycles. The average Bonchev–Trinajstić information content (AvgIpc) is 2.85. The van der Waals surface area contributed by atoms with E-state index >= 15 is 0 Å². The summed E-state index contributed by atoms with van der Waals surface area (Å²) in [5, 5.41) is 15.7. The Kier molecular flexibility index (Phi) is 3.45. The molecule has 0 spiro atoms. The molecule has 5 N–H and O–H groups in total. The monoisotopic (exact) mass is 282 g/mol. The Balaban J connectivity index is 2.25. The fourth-order valence-corrected chi connectivity index (χ4v) is 2.83. The molecule has 0 aliphatic carbocycles.